The Balaban J connectivity index is 3.22. The second-order valence-electron chi connectivity index (χ2n) is 5.77. The molecule has 98 valence electrons. The first-order chi connectivity index (χ1) is 7.67. The first-order valence-corrected chi connectivity index (χ1v) is 5.84. The Morgan fingerprint density at radius 2 is 1.12 bits per heavy atom. The first kappa shape index (κ1) is 14.0. The molecule has 0 spiro atoms. The van der Waals surface area contributed by atoms with E-state index in [1.807, 2.05) is 27.7 Å². The molecule has 0 radical (unpaired) electrons. The van der Waals surface area contributed by atoms with Crippen LogP contribution < -0.4 is 0 Å². The molecule has 0 bridgehead atoms. The van der Waals surface area contributed by atoms with Crippen LogP contribution in [0.5, 0.6) is 0 Å². The predicted molar refractivity (Wildman–Crippen MR) is 63.3 cm³/mol. The first-order valence-electron chi connectivity index (χ1n) is 5.84. The molecule has 1 aliphatic carbocycles. The Hall–Kier alpha value is -1.06. The number of carbonyl (C=O) groups is 2. The predicted octanol–water partition coefficient (Wildman–Crippen LogP) is 2.17. The molecule has 0 heterocycles. The molecule has 1 aliphatic rings. The summed E-state index contributed by atoms with van der Waals surface area (Å²) < 4.78 is 9.78. The quantitative estimate of drug-likeness (QED) is 0.696. The summed E-state index contributed by atoms with van der Waals surface area (Å²) in [6.45, 7) is 7.61. The molecule has 1 fully saturated rings. The van der Waals surface area contributed by atoms with E-state index in [0.717, 1.165) is 0 Å². The van der Waals surface area contributed by atoms with Gasteiger partial charge in [0.1, 0.15) is 0 Å². The van der Waals surface area contributed by atoms with Crippen LogP contribution in [0, 0.1) is 16.2 Å². The number of carbonyl (C=O) groups excluding carboxylic acids is 2. The minimum atomic E-state index is -0.648. The zero-order valence-electron chi connectivity index (χ0n) is 11.5. The van der Waals surface area contributed by atoms with Gasteiger partial charge in [0.05, 0.1) is 25.0 Å². The van der Waals surface area contributed by atoms with Crippen molar-refractivity contribution in [2.24, 2.45) is 16.2 Å². The Morgan fingerprint density at radius 1 is 0.824 bits per heavy atom. The minimum Gasteiger partial charge on any atom is -0.469 e. The lowest BCUT2D eigenvalue weighted by Gasteiger charge is -2.43. The number of rotatable bonds is 2. The average molecular weight is 242 g/mol. The average Bonchev–Trinajstić information content (AvgIpc) is 2.49. The van der Waals surface area contributed by atoms with Crippen LogP contribution in [-0.4, -0.2) is 26.2 Å². The van der Waals surface area contributed by atoms with Crippen LogP contribution in [0.3, 0.4) is 0 Å². The van der Waals surface area contributed by atoms with Gasteiger partial charge in [0.15, 0.2) is 0 Å². The molecule has 0 amide bonds. The minimum absolute atomic E-state index is 0.255. The van der Waals surface area contributed by atoms with E-state index in [-0.39, 0.29) is 11.9 Å². The van der Waals surface area contributed by atoms with Crippen molar-refractivity contribution in [2.75, 3.05) is 14.2 Å². The highest BCUT2D eigenvalue weighted by Gasteiger charge is 2.65. The summed E-state index contributed by atoms with van der Waals surface area (Å²) >= 11 is 0. The van der Waals surface area contributed by atoms with Crippen LogP contribution in [0.2, 0.25) is 0 Å². The van der Waals surface area contributed by atoms with E-state index >= 15 is 0 Å². The molecule has 0 aromatic rings. The van der Waals surface area contributed by atoms with E-state index in [1.165, 1.54) is 14.2 Å². The third kappa shape index (κ3) is 1.57. The fourth-order valence-corrected chi connectivity index (χ4v) is 2.90. The van der Waals surface area contributed by atoms with Crippen molar-refractivity contribution in [1.82, 2.24) is 0 Å². The maximum atomic E-state index is 12.0. The molecular formula is C13H22O4. The van der Waals surface area contributed by atoms with Gasteiger partial charge in [-0.05, 0) is 32.1 Å². The molecule has 1 rings (SSSR count). The van der Waals surface area contributed by atoms with Gasteiger partial charge in [-0.1, -0.05) is 13.8 Å². The van der Waals surface area contributed by atoms with Crippen molar-refractivity contribution in [2.45, 2.75) is 40.5 Å². The van der Waals surface area contributed by atoms with Crippen LogP contribution in [-0.2, 0) is 19.1 Å². The number of esters is 2. The standard InChI is InChI=1S/C13H22O4/c1-11(2)12(3,9(14)16-5)7-8-13(11,4)10(15)17-6/h7-8H2,1-6H3/t12-,13-/m1/s1. The van der Waals surface area contributed by atoms with Gasteiger partial charge in [0, 0.05) is 0 Å². The SMILES string of the molecule is COC(=O)[C@@]1(C)CC[C@](C)(C(=O)OC)C1(C)C. The molecule has 0 aromatic carbocycles. The van der Waals surface area contributed by atoms with Gasteiger partial charge in [-0.25, -0.2) is 0 Å². The third-order valence-electron chi connectivity index (χ3n) is 5.16. The summed E-state index contributed by atoms with van der Waals surface area (Å²) in [5.74, 6) is -0.509. The Labute approximate surface area is 103 Å². The second kappa shape index (κ2) is 4.00. The molecule has 0 N–H and O–H groups in total. The van der Waals surface area contributed by atoms with Crippen LogP contribution in [0.4, 0.5) is 0 Å². The molecular weight excluding hydrogens is 220 g/mol. The van der Waals surface area contributed by atoms with E-state index in [4.69, 9.17) is 9.47 Å². The lowest BCUT2D eigenvalue weighted by molar-refractivity contribution is -0.169. The number of hydrogen-bond donors (Lipinski definition) is 0. The molecule has 17 heavy (non-hydrogen) atoms. The fourth-order valence-electron chi connectivity index (χ4n) is 2.90. The zero-order chi connectivity index (χ0) is 13.5. The van der Waals surface area contributed by atoms with Gasteiger partial charge in [-0.2, -0.15) is 0 Å². The Kier molecular flexibility index (Phi) is 3.29. The summed E-state index contributed by atoms with van der Waals surface area (Å²) in [5.41, 5.74) is -1.80. The molecule has 0 aliphatic heterocycles. The monoisotopic (exact) mass is 242 g/mol. The van der Waals surface area contributed by atoms with Crippen molar-refractivity contribution in [3.63, 3.8) is 0 Å². The highest BCUT2D eigenvalue weighted by atomic mass is 16.5. The summed E-state index contributed by atoms with van der Waals surface area (Å²) in [5, 5.41) is 0. The molecule has 2 atom stereocenters. The van der Waals surface area contributed by atoms with Gasteiger partial charge in [-0.3, -0.25) is 9.59 Å². The highest BCUT2D eigenvalue weighted by Crippen LogP contribution is 2.63. The Morgan fingerprint density at radius 3 is 1.35 bits per heavy atom. The van der Waals surface area contributed by atoms with Gasteiger partial charge in [0.2, 0.25) is 0 Å². The fraction of sp³-hybridized carbons (Fsp3) is 0.846. The highest BCUT2D eigenvalue weighted by molar-refractivity contribution is 5.84. The molecule has 0 aromatic heterocycles. The summed E-state index contributed by atoms with van der Waals surface area (Å²) in [7, 11) is 2.77. The topological polar surface area (TPSA) is 52.6 Å². The normalized spacial score (nSPS) is 35.4. The summed E-state index contributed by atoms with van der Waals surface area (Å²) in [6.07, 6.45) is 1.27. The third-order valence-corrected chi connectivity index (χ3v) is 5.16. The zero-order valence-corrected chi connectivity index (χ0v) is 11.5. The summed E-state index contributed by atoms with van der Waals surface area (Å²) in [4.78, 5) is 24.0. The Bertz CT molecular complexity index is 315. The van der Waals surface area contributed by atoms with E-state index in [9.17, 15) is 9.59 Å². The van der Waals surface area contributed by atoms with Crippen LogP contribution >= 0.6 is 0 Å². The largest absolute Gasteiger partial charge is 0.469 e. The van der Waals surface area contributed by atoms with Crippen LogP contribution in [0.15, 0.2) is 0 Å². The van der Waals surface area contributed by atoms with E-state index in [1.54, 1.807) is 0 Å². The van der Waals surface area contributed by atoms with Crippen molar-refractivity contribution in [3.05, 3.63) is 0 Å². The molecule has 0 saturated heterocycles. The van der Waals surface area contributed by atoms with Gasteiger partial charge in [0.25, 0.3) is 0 Å². The molecule has 4 heteroatoms. The van der Waals surface area contributed by atoms with E-state index in [2.05, 4.69) is 0 Å². The molecule has 0 unspecified atom stereocenters. The summed E-state index contributed by atoms with van der Waals surface area (Å²) in [6, 6.07) is 0. The van der Waals surface area contributed by atoms with E-state index < -0.39 is 16.2 Å². The van der Waals surface area contributed by atoms with Gasteiger partial charge < -0.3 is 9.47 Å². The maximum absolute atomic E-state index is 12.0. The maximum Gasteiger partial charge on any atom is 0.312 e. The number of hydrogen-bond acceptors (Lipinski definition) is 4. The number of methoxy groups -OCH3 is 2. The smallest absolute Gasteiger partial charge is 0.312 e. The van der Waals surface area contributed by atoms with Crippen molar-refractivity contribution >= 4 is 11.9 Å². The lowest BCUT2D eigenvalue weighted by Crippen LogP contribution is -2.48. The molecule has 1 saturated carbocycles. The van der Waals surface area contributed by atoms with E-state index in [0.29, 0.717) is 12.8 Å². The second-order valence-corrected chi connectivity index (χ2v) is 5.77. The van der Waals surface area contributed by atoms with Crippen LogP contribution in [0.1, 0.15) is 40.5 Å². The van der Waals surface area contributed by atoms with Gasteiger partial charge in [-0.15, -0.1) is 0 Å². The van der Waals surface area contributed by atoms with Crippen molar-refractivity contribution in [1.29, 1.82) is 0 Å². The molecule has 4 nitrogen and oxygen atoms in total. The van der Waals surface area contributed by atoms with Gasteiger partial charge >= 0.3 is 11.9 Å². The number of ether oxygens (including phenoxy) is 2. The van der Waals surface area contributed by atoms with Crippen molar-refractivity contribution in [3.8, 4) is 0 Å². The van der Waals surface area contributed by atoms with Crippen LogP contribution in [0.25, 0.3) is 0 Å². The van der Waals surface area contributed by atoms with Crippen molar-refractivity contribution < 1.29 is 19.1 Å². The lowest BCUT2D eigenvalue weighted by atomic mass is 9.59.